The van der Waals surface area contributed by atoms with Crippen molar-refractivity contribution in [3.8, 4) is 0 Å². The maximum Gasteiger partial charge on any atom is 0.472 e. The van der Waals surface area contributed by atoms with Gasteiger partial charge in [0.05, 0.1) is 19.1 Å². The van der Waals surface area contributed by atoms with Gasteiger partial charge in [-0.05, 0) is 13.8 Å². The first-order valence-corrected chi connectivity index (χ1v) is 5.23. The van der Waals surface area contributed by atoms with Crippen molar-refractivity contribution in [3.05, 3.63) is 0 Å². The topological polar surface area (TPSA) is 93.1 Å². The van der Waals surface area contributed by atoms with Gasteiger partial charge in [0, 0.05) is 0 Å². The minimum atomic E-state index is -4.05. The van der Waals surface area contributed by atoms with Gasteiger partial charge in [0.1, 0.15) is 0 Å². The van der Waals surface area contributed by atoms with Crippen LogP contribution >= 0.6 is 7.82 Å². The minimum absolute atomic E-state index is 0.0369. The zero-order valence-corrected chi connectivity index (χ0v) is 8.36. The quantitative estimate of drug-likeness (QED) is 0.634. The van der Waals surface area contributed by atoms with Crippen LogP contribution in [0.25, 0.3) is 0 Å². The van der Waals surface area contributed by atoms with Crippen LogP contribution < -0.4 is 0 Å². The molecule has 0 heterocycles. The van der Waals surface area contributed by atoms with Gasteiger partial charge in [-0.3, -0.25) is 13.8 Å². The summed E-state index contributed by atoms with van der Waals surface area (Å²) in [6.45, 7) is 2.60. The molecular weight excluding hydrogens is 199 g/mol. The van der Waals surface area contributed by atoms with Gasteiger partial charge in [-0.1, -0.05) is 0 Å². The number of carboxylic acids is 1. The van der Waals surface area contributed by atoms with Crippen molar-refractivity contribution in [1.29, 1.82) is 0 Å². The molecular formula is C6H13O6P. The Kier molecular flexibility index (Phi) is 5.17. The number of carboxylic acid groups (broad SMARTS) is 1. The predicted molar refractivity (Wildman–Crippen MR) is 44.2 cm³/mol. The summed E-state index contributed by atoms with van der Waals surface area (Å²) in [6, 6.07) is 0. The number of phosphoric ester groups is 1. The Bertz CT molecular complexity index is 215. The molecule has 0 saturated heterocycles. The fourth-order valence-corrected chi connectivity index (χ4v) is 1.29. The molecule has 0 aromatic heterocycles. The van der Waals surface area contributed by atoms with Crippen LogP contribution in [0.4, 0.5) is 0 Å². The summed E-state index contributed by atoms with van der Waals surface area (Å²) in [6.07, 6.45) is 0. The van der Waals surface area contributed by atoms with E-state index in [1.807, 2.05) is 0 Å². The molecule has 6 nitrogen and oxygen atoms in total. The molecule has 0 aromatic rings. The van der Waals surface area contributed by atoms with E-state index in [1.165, 1.54) is 13.8 Å². The number of carbonyl (C=O) groups is 1. The number of phosphoric acid groups is 1. The standard InChI is InChI=1S/C6H13O6P/c1-3-11-13(9,10)12-4-5(2)6(7)8/h5H,3-4H2,1-2H3,(H,7,8)(H,9,10). The van der Waals surface area contributed by atoms with Crippen molar-refractivity contribution < 1.29 is 28.4 Å². The first-order chi connectivity index (χ1) is 5.89. The summed E-state index contributed by atoms with van der Waals surface area (Å²) in [5.41, 5.74) is 0. The summed E-state index contributed by atoms with van der Waals surface area (Å²) in [7, 11) is -4.05. The van der Waals surface area contributed by atoms with Crippen molar-refractivity contribution in [2.24, 2.45) is 5.92 Å². The second kappa shape index (κ2) is 5.34. The monoisotopic (exact) mass is 212 g/mol. The summed E-state index contributed by atoms with van der Waals surface area (Å²) in [4.78, 5) is 19.1. The van der Waals surface area contributed by atoms with Gasteiger partial charge in [-0.15, -0.1) is 0 Å². The van der Waals surface area contributed by atoms with Crippen LogP contribution in [0.5, 0.6) is 0 Å². The number of aliphatic carboxylic acids is 1. The predicted octanol–water partition coefficient (Wildman–Crippen LogP) is 0.861. The summed E-state index contributed by atoms with van der Waals surface area (Å²) < 4.78 is 19.6. The largest absolute Gasteiger partial charge is 0.481 e. The highest BCUT2D eigenvalue weighted by Crippen LogP contribution is 2.43. The number of hydrogen-bond donors (Lipinski definition) is 2. The molecule has 0 rings (SSSR count). The third-order valence-corrected chi connectivity index (χ3v) is 2.26. The summed E-state index contributed by atoms with van der Waals surface area (Å²) in [5.74, 6) is -1.92. The number of hydrogen-bond acceptors (Lipinski definition) is 4. The van der Waals surface area contributed by atoms with E-state index in [-0.39, 0.29) is 13.2 Å². The smallest absolute Gasteiger partial charge is 0.472 e. The van der Waals surface area contributed by atoms with Gasteiger partial charge in [0.25, 0.3) is 0 Å². The molecule has 0 amide bonds. The van der Waals surface area contributed by atoms with E-state index >= 15 is 0 Å². The molecule has 0 saturated carbocycles. The molecule has 2 atom stereocenters. The fraction of sp³-hybridized carbons (Fsp3) is 0.833. The average Bonchev–Trinajstić information content (AvgIpc) is 2.00. The van der Waals surface area contributed by atoms with Crippen LogP contribution in [0.2, 0.25) is 0 Å². The molecule has 2 unspecified atom stereocenters. The van der Waals surface area contributed by atoms with E-state index in [0.29, 0.717) is 0 Å². The van der Waals surface area contributed by atoms with E-state index in [0.717, 1.165) is 0 Å². The third kappa shape index (κ3) is 5.76. The molecule has 0 radical (unpaired) electrons. The van der Waals surface area contributed by atoms with Gasteiger partial charge in [0.15, 0.2) is 0 Å². The Balaban J connectivity index is 3.87. The lowest BCUT2D eigenvalue weighted by molar-refractivity contribution is -0.142. The summed E-state index contributed by atoms with van der Waals surface area (Å²) >= 11 is 0. The Morgan fingerprint density at radius 3 is 2.46 bits per heavy atom. The van der Waals surface area contributed by atoms with Crippen LogP contribution in [-0.2, 0) is 18.4 Å². The molecule has 2 N–H and O–H groups in total. The Morgan fingerprint density at radius 2 is 2.08 bits per heavy atom. The van der Waals surface area contributed by atoms with Crippen LogP contribution in [0, 0.1) is 5.92 Å². The van der Waals surface area contributed by atoms with E-state index in [1.54, 1.807) is 0 Å². The highest BCUT2D eigenvalue weighted by molar-refractivity contribution is 7.47. The molecule has 0 aliphatic rings. The Hall–Kier alpha value is -0.420. The van der Waals surface area contributed by atoms with E-state index in [4.69, 9.17) is 10.00 Å². The maximum absolute atomic E-state index is 10.9. The zero-order valence-electron chi connectivity index (χ0n) is 7.47. The van der Waals surface area contributed by atoms with E-state index < -0.39 is 19.7 Å². The number of rotatable bonds is 6. The van der Waals surface area contributed by atoms with E-state index in [9.17, 15) is 9.36 Å². The van der Waals surface area contributed by atoms with Crippen molar-refractivity contribution in [1.82, 2.24) is 0 Å². The normalized spacial score (nSPS) is 17.8. The summed E-state index contributed by atoms with van der Waals surface area (Å²) in [5, 5.41) is 8.42. The Labute approximate surface area is 76.1 Å². The molecule has 0 spiro atoms. The second-order valence-corrected chi connectivity index (χ2v) is 3.87. The SMILES string of the molecule is CCOP(=O)(O)OCC(C)C(=O)O. The lowest BCUT2D eigenvalue weighted by Crippen LogP contribution is -2.15. The molecule has 0 aromatic carbocycles. The van der Waals surface area contributed by atoms with Crippen LogP contribution in [-0.4, -0.2) is 29.2 Å². The van der Waals surface area contributed by atoms with E-state index in [2.05, 4.69) is 9.05 Å². The molecule has 13 heavy (non-hydrogen) atoms. The van der Waals surface area contributed by atoms with Gasteiger partial charge >= 0.3 is 13.8 Å². The molecule has 0 aliphatic heterocycles. The van der Waals surface area contributed by atoms with Crippen LogP contribution in [0.15, 0.2) is 0 Å². The van der Waals surface area contributed by atoms with Gasteiger partial charge in [-0.2, -0.15) is 0 Å². The highest BCUT2D eigenvalue weighted by atomic mass is 31.2. The molecule has 78 valence electrons. The minimum Gasteiger partial charge on any atom is -0.481 e. The van der Waals surface area contributed by atoms with Crippen LogP contribution in [0.1, 0.15) is 13.8 Å². The average molecular weight is 212 g/mol. The maximum atomic E-state index is 10.9. The molecule has 0 fully saturated rings. The Morgan fingerprint density at radius 1 is 1.54 bits per heavy atom. The first kappa shape index (κ1) is 12.6. The van der Waals surface area contributed by atoms with Crippen molar-refractivity contribution in [2.45, 2.75) is 13.8 Å². The lowest BCUT2D eigenvalue weighted by Gasteiger charge is -2.12. The lowest BCUT2D eigenvalue weighted by atomic mass is 10.2. The highest BCUT2D eigenvalue weighted by Gasteiger charge is 2.23. The van der Waals surface area contributed by atoms with Gasteiger partial charge in [0.2, 0.25) is 0 Å². The molecule has 7 heteroatoms. The molecule has 0 bridgehead atoms. The van der Waals surface area contributed by atoms with Crippen molar-refractivity contribution >= 4 is 13.8 Å². The zero-order chi connectivity index (χ0) is 10.5. The van der Waals surface area contributed by atoms with Gasteiger partial charge < -0.3 is 10.00 Å². The molecule has 0 aliphatic carbocycles. The second-order valence-electron chi connectivity index (χ2n) is 2.42. The van der Waals surface area contributed by atoms with Crippen molar-refractivity contribution in [2.75, 3.05) is 13.2 Å². The fourth-order valence-electron chi connectivity index (χ4n) is 0.478. The van der Waals surface area contributed by atoms with Crippen LogP contribution in [0.3, 0.4) is 0 Å². The van der Waals surface area contributed by atoms with Gasteiger partial charge in [-0.25, -0.2) is 4.57 Å². The third-order valence-electron chi connectivity index (χ3n) is 1.20. The first-order valence-electron chi connectivity index (χ1n) is 3.73. The van der Waals surface area contributed by atoms with Crippen molar-refractivity contribution in [3.63, 3.8) is 0 Å².